The van der Waals surface area contributed by atoms with Crippen LogP contribution in [0.1, 0.15) is 17.5 Å². The maximum atomic E-state index is 13.3. The first-order valence-electron chi connectivity index (χ1n) is 10.1. The van der Waals surface area contributed by atoms with Gasteiger partial charge in [0.15, 0.2) is 0 Å². The van der Waals surface area contributed by atoms with E-state index in [4.69, 9.17) is 17.2 Å². The Morgan fingerprint density at radius 1 is 1.31 bits per heavy atom. The van der Waals surface area contributed by atoms with Crippen molar-refractivity contribution in [1.29, 1.82) is 0 Å². The minimum Gasteiger partial charge on any atom is -0.369 e. The molecule has 1 aliphatic rings. The lowest BCUT2D eigenvalue weighted by molar-refractivity contribution is -0.121. The number of nitrogens with one attached hydrogen (secondary N) is 1. The van der Waals surface area contributed by atoms with E-state index < -0.39 is 0 Å². The lowest BCUT2D eigenvalue weighted by atomic mass is 10.2. The van der Waals surface area contributed by atoms with Gasteiger partial charge in [-0.2, -0.15) is 0 Å². The van der Waals surface area contributed by atoms with Gasteiger partial charge in [0.05, 0.1) is 16.8 Å². The van der Waals surface area contributed by atoms with E-state index in [1.54, 1.807) is 36.9 Å². The van der Waals surface area contributed by atoms with Crippen molar-refractivity contribution in [3.05, 3.63) is 76.1 Å². The predicted molar refractivity (Wildman–Crippen MR) is 132 cm³/mol. The van der Waals surface area contributed by atoms with Crippen LogP contribution in [-0.4, -0.2) is 47.2 Å². The topological polar surface area (TPSA) is 84.5 Å². The Kier molecular flexibility index (Phi) is 6.52. The molecule has 0 radical (unpaired) electrons. The van der Waals surface area contributed by atoms with E-state index in [9.17, 15) is 9.59 Å². The van der Waals surface area contributed by atoms with Gasteiger partial charge in [0.1, 0.15) is 15.8 Å². The third-order valence-corrected chi connectivity index (χ3v) is 6.37. The number of aromatic nitrogens is 4. The Balaban J connectivity index is 1.69. The zero-order chi connectivity index (χ0) is 22.7. The van der Waals surface area contributed by atoms with Crippen LogP contribution in [0.4, 0.5) is 5.82 Å². The molecule has 8 nitrogen and oxygen atoms in total. The average Bonchev–Trinajstić information content (AvgIpc) is 3.38. The van der Waals surface area contributed by atoms with E-state index in [0.717, 1.165) is 18.5 Å². The number of anilines is 1. The van der Waals surface area contributed by atoms with Crippen LogP contribution in [0.2, 0.25) is 0 Å². The zero-order valence-corrected chi connectivity index (χ0v) is 19.2. The molecule has 1 fully saturated rings. The molecule has 0 unspecified atom stereocenters. The van der Waals surface area contributed by atoms with Crippen LogP contribution in [0.15, 0.2) is 59.4 Å². The average molecular weight is 467 g/mol. The maximum absolute atomic E-state index is 13.3. The summed E-state index contributed by atoms with van der Waals surface area (Å²) >= 11 is 6.49. The molecule has 0 spiro atoms. The Labute approximate surface area is 194 Å². The fourth-order valence-electron chi connectivity index (χ4n) is 3.38. The highest BCUT2D eigenvalue weighted by Crippen LogP contribution is 2.33. The van der Waals surface area contributed by atoms with Crippen molar-refractivity contribution in [1.82, 2.24) is 23.8 Å². The number of amides is 1. The van der Waals surface area contributed by atoms with Crippen LogP contribution in [0.25, 0.3) is 11.7 Å². The zero-order valence-electron chi connectivity index (χ0n) is 17.5. The molecule has 0 saturated carbocycles. The summed E-state index contributed by atoms with van der Waals surface area (Å²) in [5, 5.41) is 3.29. The van der Waals surface area contributed by atoms with Gasteiger partial charge in [-0.3, -0.25) is 18.9 Å². The van der Waals surface area contributed by atoms with Crippen molar-refractivity contribution < 1.29 is 4.79 Å². The largest absolute Gasteiger partial charge is 0.369 e. The number of hydrogen-bond acceptors (Lipinski definition) is 7. The first-order valence-corrected chi connectivity index (χ1v) is 11.3. The summed E-state index contributed by atoms with van der Waals surface area (Å²) in [6.07, 6.45) is 11.1. The van der Waals surface area contributed by atoms with E-state index in [-0.39, 0.29) is 11.5 Å². The van der Waals surface area contributed by atoms with E-state index >= 15 is 0 Å². The van der Waals surface area contributed by atoms with Gasteiger partial charge >= 0.3 is 0 Å². The highest BCUT2D eigenvalue weighted by Gasteiger charge is 2.31. The van der Waals surface area contributed by atoms with Gasteiger partial charge in [-0.25, -0.2) is 9.97 Å². The van der Waals surface area contributed by atoms with Crippen LogP contribution in [0.3, 0.4) is 0 Å². The molecule has 0 bridgehead atoms. The normalized spacial score (nSPS) is 15.2. The lowest BCUT2D eigenvalue weighted by Gasteiger charge is -2.13. The number of pyridine rings is 1. The molecule has 1 N–H and O–H groups in total. The van der Waals surface area contributed by atoms with Crippen LogP contribution in [-0.2, 0) is 11.3 Å². The van der Waals surface area contributed by atoms with Crippen molar-refractivity contribution in [2.24, 2.45) is 0 Å². The van der Waals surface area contributed by atoms with Crippen LogP contribution < -0.4 is 10.9 Å². The van der Waals surface area contributed by atoms with Crippen LogP contribution in [0, 0.1) is 6.92 Å². The fourth-order valence-corrected chi connectivity index (χ4v) is 4.64. The lowest BCUT2D eigenvalue weighted by Crippen LogP contribution is -2.28. The third kappa shape index (κ3) is 4.37. The van der Waals surface area contributed by atoms with Gasteiger partial charge in [0, 0.05) is 38.2 Å². The van der Waals surface area contributed by atoms with Crippen molar-refractivity contribution in [3.8, 4) is 0 Å². The molecule has 1 amide bonds. The summed E-state index contributed by atoms with van der Waals surface area (Å²) in [5.74, 6) is 0.212. The number of carbonyl (C=O) groups excluding carboxylic acids is 1. The number of nitrogens with zero attached hydrogens (tertiary/aromatic N) is 5. The predicted octanol–water partition coefficient (Wildman–Crippen LogP) is 3.09. The summed E-state index contributed by atoms with van der Waals surface area (Å²) in [6, 6.07) is 3.71. The summed E-state index contributed by atoms with van der Waals surface area (Å²) < 4.78 is 3.93. The van der Waals surface area contributed by atoms with Gasteiger partial charge in [-0.15, -0.1) is 6.58 Å². The fraction of sp³-hybridized carbons (Fsp3) is 0.227. The van der Waals surface area contributed by atoms with Crippen molar-refractivity contribution in [2.75, 3.05) is 18.4 Å². The second kappa shape index (κ2) is 9.49. The van der Waals surface area contributed by atoms with E-state index in [2.05, 4.69) is 16.9 Å². The summed E-state index contributed by atoms with van der Waals surface area (Å²) in [5.41, 5.74) is 1.54. The molecule has 3 aromatic heterocycles. The maximum Gasteiger partial charge on any atom is 0.267 e. The Morgan fingerprint density at radius 3 is 2.91 bits per heavy atom. The molecule has 0 aromatic carbocycles. The van der Waals surface area contributed by atoms with E-state index in [1.165, 1.54) is 21.1 Å². The quantitative estimate of drug-likeness (QED) is 0.236. The van der Waals surface area contributed by atoms with Crippen molar-refractivity contribution in [3.63, 3.8) is 0 Å². The molecule has 1 aliphatic heterocycles. The molecule has 10 heteroatoms. The minimum atomic E-state index is -0.246. The van der Waals surface area contributed by atoms with Gasteiger partial charge < -0.3 is 9.88 Å². The first-order chi connectivity index (χ1) is 15.5. The number of hydrogen-bond donors (Lipinski definition) is 1. The molecule has 4 rings (SSSR count). The number of aryl methyl sites for hydroxylation is 2. The summed E-state index contributed by atoms with van der Waals surface area (Å²) in [4.78, 5) is 36.7. The highest BCUT2D eigenvalue weighted by atomic mass is 32.2. The van der Waals surface area contributed by atoms with E-state index in [1.807, 2.05) is 23.8 Å². The summed E-state index contributed by atoms with van der Waals surface area (Å²) in [6.45, 7) is 7.30. The number of carbonyl (C=O) groups is 1. The molecule has 3 aromatic rings. The van der Waals surface area contributed by atoms with E-state index in [0.29, 0.717) is 39.3 Å². The van der Waals surface area contributed by atoms with Crippen LogP contribution >= 0.6 is 24.0 Å². The molecule has 164 valence electrons. The Morgan fingerprint density at radius 2 is 2.16 bits per heavy atom. The van der Waals surface area contributed by atoms with Crippen molar-refractivity contribution >= 4 is 51.7 Å². The number of imidazole rings is 1. The van der Waals surface area contributed by atoms with Crippen LogP contribution in [0.5, 0.6) is 0 Å². The summed E-state index contributed by atoms with van der Waals surface area (Å²) in [7, 11) is 0. The van der Waals surface area contributed by atoms with Crippen molar-refractivity contribution in [2.45, 2.75) is 19.9 Å². The molecule has 0 atom stereocenters. The van der Waals surface area contributed by atoms with Gasteiger partial charge in [0.2, 0.25) is 0 Å². The molecule has 4 heterocycles. The number of fused-ring (bicyclic) bond motifs is 1. The number of rotatable bonds is 8. The standard InChI is InChI=1S/C22H22N6O2S2/c1-3-9-28-21(30)17(32-22(28)31)13-16-18(24-7-5-10-26-12-8-23-14-26)25-19-15(2)6-4-11-27(19)20(16)29/h3-4,6,8,11-14,24H,1,5,7,9-10H2,2H3. The number of thioether (sulfide) groups is 1. The second-order valence-corrected chi connectivity index (χ2v) is 8.90. The minimum absolute atomic E-state index is 0.236. The number of thiocarbonyl (C=S) groups is 1. The molecular weight excluding hydrogens is 444 g/mol. The van der Waals surface area contributed by atoms with Gasteiger partial charge in [0.25, 0.3) is 11.5 Å². The molecule has 0 aliphatic carbocycles. The molecular formula is C22H22N6O2S2. The highest BCUT2D eigenvalue weighted by molar-refractivity contribution is 8.26. The Hall–Kier alpha value is -3.24. The first kappa shape index (κ1) is 22.0. The monoisotopic (exact) mass is 466 g/mol. The second-order valence-electron chi connectivity index (χ2n) is 7.23. The molecule has 32 heavy (non-hydrogen) atoms. The van der Waals surface area contributed by atoms with Gasteiger partial charge in [-0.1, -0.05) is 36.1 Å². The Bertz CT molecular complexity index is 1280. The third-order valence-electron chi connectivity index (χ3n) is 4.99. The SMILES string of the molecule is C=CCN1C(=O)C(=Cc2c(NCCCn3ccnc3)nc3c(C)cccn3c2=O)SC1=S. The molecule has 1 saturated heterocycles. The van der Waals surface area contributed by atoms with Gasteiger partial charge in [-0.05, 0) is 31.1 Å². The smallest absolute Gasteiger partial charge is 0.267 e.